The minimum Gasteiger partial charge on any atom is -0.372 e. The van der Waals surface area contributed by atoms with E-state index < -0.39 is 11.8 Å². The number of amides is 3. The third kappa shape index (κ3) is 6.90. The molecule has 2 saturated heterocycles. The highest BCUT2D eigenvalue weighted by atomic mass is 16.2. The number of carbonyl (C=O) groups is 3. The number of benzene rings is 1. The number of nitrogens with zero attached hydrogens (tertiary/aromatic N) is 2. The van der Waals surface area contributed by atoms with Crippen LogP contribution in [0.2, 0.25) is 0 Å². The molecule has 2 N–H and O–H groups in total. The van der Waals surface area contributed by atoms with Crippen molar-refractivity contribution in [3.63, 3.8) is 0 Å². The Labute approximate surface area is 178 Å². The number of carbonyl (C=O) groups excluding carboxylic acids is 3. The highest BCUT2D eigenvalue weighted by Gasteiger charge is 2.19. The van der Waals surface area contributed by atoms with E-state index in [1.165, 1.54) is 37.4 Å². The van der Waals surface area contributed by atoms with Crippen molar-refractivity contribution in [2.24, 2.45) is 0 Å². The molecule has 7 nitrogen and oxygen atoms in total. The Balaban J connectivity index is 1.42. The Morgan fingerprint density at radius 3 is 2.27 bits per heavy atom. The first-order valence-electron chi connectivity index (χ1n) is 11.0. The van der Waals surface area contributed by atoms with Crippen molar-refractivity contribution in [3.8, 4) is 0 Å². The molecule has 3 amide bonds. The van der Waals surface area contributed by atoms with Crippen LogP contribution in [0.25, 0.3) is 6.08 Å². The van der Waals surface area contributed by atoms with Crippen LogP contribution >= 0.6 is 0 Å². The zero-order chi connectivity index (χ0) is 21.2. The lowest BCUT2D eigenvalue weighted by Gasteiger charge is -2.22. The van der Waals surface area contributed by atoms with E-state index in [9.17, 15) is 14.4 Å². The topological polar surface area (TPSA) is 81.8 Å². The number of hydrogen-bond acceptors (Lipinski definition) is 4. The second-order valence-electron chi connectivity index (χ2n) is 7.99. The van der Waals surface area contributed by atoms with Crippen LogP contribution in [0.3, 0.4) is 0 Å². The fourth-order valence-corrected chi connectivity index (χ4v) is 3.89. The molecule has 30 heavy (non-hydrogen) atoms. The summed E-state index contributed by atoms with van der Waals surface area (Å²) < 4.78 is 0. The Hall–Kier alpha value is -2.83. The van der Waals surface area contributed by atoms with E-state index in [1.54, 1.807) is 11.0 Å². The van der Waals surface area contributed by atoms with Crippen molar-refractivity contribution in [3.05, 3.63) is 35.9 Å². The molecule has 2 fully saturated rings. The molecule has 162 valence electrons. The third-order valence-corrected chi connectivity index (χ3v) is 5.62. The molecule has 0 radical (unpaired) electrons. The Kier molecular flexibility index (Phi) is 8.30. The highest BCUT2D eigenvalue weighted by Crippen LogP contribution is 2.20. The number of anilines is 1. The van der Waals surface area contributed by atoms with E-state index in [-0.39, 0.29) is 12.5 Å². The van der Waals surface area contributed by atoms with Crippen molar-refractivity contribution in [2.45, 2.75) is 51.4 Å². The van der Waals surface area contributed by atoms with Gasteiger partial charge in [0, 0.05) is 37.8 Å². The van der Waals surface area contributed by atoms with Gasteiger partial charge in [-0.15, -0.1) is 0 Å². The maximum atomic E-state index is 12.0. The lowest BCUT2D eigenvalue weighted by molar-refractivity contribution is -0.136. The summed E-state index contributed by atoms with van der Waals surface area (Å²) in [5.74, 6) is -0.812. The lowest BCUT2D eigenvalue weighted by atomic mass is 10.1. The predicted molar refractivity (Wildman–Crippen MR) is 117 cm³/mol. The van der Waals surface area contributed by atoms with Crippen LogP contribution in [0, 0.1) is 0 Å². The van der Waals surface area contributed by atoms with Crippen LogP contribution in [0.15, 0.2) is 30.3 Å². The SMILES string of the molecule is O=C(/C=C/c1ccc(N2CCCCCC2)cc1)NNC(=O)CN1CCCCCC1=O. The van der Waals surface area contributed by atoms with Crippen LogP contribution in [-0.4, -0.2) is 48.8 Å². The molecule has 2 heterocycles. The number of hydrazine groups is 1. The van der Waals surface area contributed by atoms with Gasteiger partial charge in [0.1, 0.15) is 6.54 Å². The van der Waals surface area contributed by atoms with Gasteiger partial charge in [0.05, 0.1) is 0 Å². The summed E-state index contributed by atoms with van der Waals surface area (Å²) in [6.45, 7) is 2.76. The van der Waals surface area contributed by atoms with Crippen molar-refractivity contribution in [1.82, 2.24) is 15.8 Å². The first-order chi connectivity index (χ1) is 14.6. The van der Waals surface area contributed by atoms with Crippen molar-refractivity contribution in [2.75, 3.05) is 31.1 Å². The standard InChI is InChI=1S/C23H32N4O3/c28-21(24-25-22(29)18-27-17-7-3-4-8-23(27)30)14-11-19-9-12-20(13-10-19)26-15-5-1-2-6-16-26/h9-14H,1-8,15-18H2,(H,24,28)(H,25,29)/b14-11+. The van der Waals surface area contributed by atoms with Gasteiger partial charge in [0.25, 0.3) is 11.8 Å². The van der Waals surface area contributed by atoms with Crippen molar-refractivity contribution < 1.29 is 14.4 Å². The van der Waals surface area contributed by atoms with E-state index in [0.29, 0.717) is 13.0 Å². The number of nitrogens with one attached hydrogen (secondary N) is 2. The molecule has 0 spiro atoms. The van der Waals surface area contributed by atoms with Crippen molar-refractivity contribution >= 4 is 29.5 Å². The van der Waals surface area contributed by atoms with Gasteiger partial charge in [0.2, 0.25) is 5.91 Å². The first kappa shape index (κ1) is 21.9. The summed E-state index contributed by atoms with van der Waals surface area (Å²) in [6.07, 6.45) is 11.4. The fourth-order valence-electron chi connectivity index (χ4n) is 3.89. The highest BCUT2D eigenvalue weighted by molar-refractivity contribution is 5.93. The number of hydrogen-bond donors (Lipinski definition) is 2. The molecule has 0 saturated carbocycles. The van der Waals surface area contributed by atoms with Gasteiger partial charge in [-0.2, -0.15) is 0 Å². The average molecular weight is 413 g/mol. The third-order valence-electron chi connectivity index (χ3n) is 5.62. The van der Waals surface area contributed by atoms with Crippen LogP contribution < -0.4 is 15.8 Å². The van der Waals surface area contributed by atoms with Gasteiger partial charge in [-0.1, -0.05) is 31.4 Å². The summed E-state index contributed by atoms with van der Waals surface area (Å²) in [5, 5.41) is 0. The van der Waals surface area contributed by atoms with E-state index in [0.717, 1.165) is 37.9 Å². The number of rotatable bonds is 5. The van der Waals surface area contributed by atoms with E-state index in [1.807, 2.05) is 12.1 Å². The molecule has 0 unspecified atom stereocenters. The van der Waals surface area contributed by atoms with Gasteiger partial charge < -0.3 is 9.80 Å². The molecule has 3 rings (SSSR count). The summed E-state index contributed by atoms with van der Waals surface area (Å²) >= 11 is 0. The van der Waals surface area contributed by atoms with Gasteiger partial charge in [-0.3, -0.25) is 25.2 Å². The zero-order valence-corrected chi connectivity index (χ0v) is 17.6. The first-order valence-corrected chi connectivity index (χ1v) is 11.0. The van der Waals surface area contributed by atoms with Crippen LogP contribution in [-0.2, 0) is 14.4 Å². The smallest absolute Gasteiger partial charge is 0.262 e. The molecular formula is C23H32N4O3. The molecule has 1 aromatic carbocycles. The Bertz CT molecular complexity index is 752. The van der Waals surface area contributed by atoms with Crippen LogP contribution in [0.4, 0.5) is 5.69 Å². The molecule has 2 aliphatic heterocycles. The summed E-state index contributed by atoms with van der Waals surface area (Å²) in [6, 6.07) is 8.16. The maximum Gasteiger partial charge on any atom is 0.262 e. The average Bonchev–Trinajstić information content (AvgIpc) is 3.15. The second-order valence-corrected chi connectivity index (χ2v) is 7.99. The van der Waals surface area contributed by atoms with E-state index >= 15 is 0 Å². The lowest BCUT2D eigenvalue weighted by Crippen LogP contribution is -2.47. The minimum absolute atomic E-state index is 0.00232. The minimum atomic E-state index is -0.415. The normalized spacial score (nSPS) is 18.1. The summed E-state index contributed by atoms with van der Waals surface area (Å²) in [5.41, 5.74) is 6.88. The molecule has 0 aliphatic carbocycles. The van der Waals surface area contributed by atoms with Gasteiger partial charge >= 0.3 is 0 Å². The van der Waals surface area contributed by atoms with Gasteiger partial charge in [0.15, 0.2) is 0 Å². The molecule has 0 aromatic heterocycles. The number of likely N-dealkylation sites (tertiary alicyclic amines) is 1. The largest absolute Gasteiger partial charge is 0.372 e. The maximum absolute atomic E-state index is 12.0. The molecule has 2 aliphatic rings. The molecule has 0 atom stereocenters. The Morgan fingerprint density at radius 2 is 1.53 bits per heavy atom. The fraction of sp³-hybridized carbons (Fsp3) is 0.522. The molecular weight excluding hydrogens is 380 g/mol. The monoisotopic (exact) mass is 412 g/mol. The van der Waals surface area contributed by atoms with Crippen LogP contribution in [0.1, 0.15) is 56.9 Å². The van der Waals surface area contributed by atoms with Crippen molar-refractivity contribution in [1.29, 1.82) is 0 Å². The summed E-state index contributed by atoms with van der Waals surface area (Å²) in [4.78, 5) is 39.9. The molecule has 1 aromatic rings. The van der Waals surface area contributed by atoms with Gasteiger partial charge in [-0.25, -0.2) is 0 Å². The second kappa shape index (κ2) is 11.4. The quantitative estimate of drug-likeness (QED) is 0.575. The Morgan fingerprint density at radius 1 is 0.867 bits per heavy atom. The zero-order valence-electron chi connectivity index (χ0n) is 17.6. The van der Waals surface area contributed by atoms with Gasteiger partial charge in [-0.05, 0) is 49.5 Å². The van der Waals surface area contributed by atoms with E-state index in [4.69, 9.17) is 0 Å². The molecule has 7 heteroatoms. The van der Waals surface area contributed by atoms with E-state index in [2.05, 4.69) is 27.9 Å². The summed E-state index contributed by atoms with van der Waals surface area (Å²) in [7, 11) is 0. The predicted octanol–water partition coefficient (Wildman–Crippen LogP) is 2.63. The van der Waals surface area contributed by atoms with Crippen LogP contribution in [0.5, 0.6) is 0 Å². The molecule has 0 bridgehead atoms.